The summed E-state index contributed by atoms with van der Waals surface area (Å²) in [6.45, 7) is 7.09. The number of rotatable bonds is 6. The molecule has 0 aliphatic heterocycles. The van der Waals surface area contributed by atoms with Gasteiger partial charge < -0.3 is 20.1 Å². The van der Waals surface area contributed by atoms with Crippen molar-refractivity contribution in [1.82, 2.24) is 14.5 Å². The van der Waals surface area contributed by atoms with Gasteiger partial charge in [-0.15, -0.1) is 0 Å². The minimum absolute atomic E-state index is 0.0148. The van der Waals surface area contributed by atoms with Crippen LogP contribution in [0, 0.1) is 0 Å². The highest BCUT2D eigenvalue weighted by atomic mass is 16.5. The Bertz CT molecular complexity index is 874. The van der Waals surface area contributed by atoms with E-state index < -0.39 is 5.60 Å². The van der Waals surface area contributed by atoms with Crippen LogP contribution in [-0.4, -0.2) is 32.9 Å². The van der Waals surface area contributed by atoms with E-state index in [1.54, 1.807) is 0 Å². The second-order valence-electron chi connectivity index (χ2n) is 6.04. The molecular weight excluding hydrogens is 304 g/mol. The molecule has 0 fully saturated rings. The average Bonchev–Trinajstić information content (AvgIpc) is 2.97. The standard InChI is InChI=1S/C18H24N4O2/c1-4-18(3,24-5-2)17-21-14-15(22(17)10-11-23)12-8-6-7-9-13(12)20-16(14)19/h6-9,23H,4-5,10-11H2,1-3H3,(H2,19,20). The molecule has 6 nitrogen and oxygen atoms in total. The maximum atomic E-state index is 9.60. The number of para-hydroxylation sites is 1. The molecule has 0 amide bonds. The molecule has 1 aromatic carbocycles. The van der Waals surface area contributed by atoms with Gasteiger partial charge in [0.15, 0.2) is 5.82 Å². The van der Waals surface area contributed by atoms with Crippen LogP contribution < -0.4 is 5.73 Å². The fraction of sp³-hybridized carbons (Fsp3) is 0.444. The molecule has 24 heavy (non-hydrogen) atoms. The van der Waals surface area contributed by atoms with Crippen molar-refractivity contribution in [3.63, 3.8) is 0 Å². The Hall–Kier alpha value is -2.18. The molecule has 3 aromatic rings. The first-order valence-corrected chi connectivity index (χ1v) is 8.35. The molecule has 0 aliphatic carbocycles. The van der Waals surface area contributed by atoms with Gasteiger partial charge in [-0.1, -0.05) is 25.1 Å². The van der Waals surface area contributed by atoms with Gasteiger partial charge in [0, 0.05) is 18.5 Å². The second kappa shape index (κ2) is 6.37. The van der Waals surface area contributed by atoms with Gasteiger partial charge in [-0.3, -0.25) is 0 Å². The number of ether oxygens (including phenoxy) is 1. The Morgan fingerprint density at radius 2 is 2.00 bits per heavy atom. The lowest BCUT2D eigenvalue weighted by Crippen LogP contribution is -2.30. The second-order valence-corrected chi connectivity index (χ2v) is 6.04. The quantitative estimate of drug-likeness (QED) is 0.726. The molecule has 0 aliphatic rings. The molecule has 1 atom stereocenters. The van der Waals surface area contributed by atoms with Crippen molar-refractivity contribution in [1.29, 1.82) is 0 Å². The zero-order valence-electron chi connectivity index (χ0n) is 14.4. The topological polar surface area (TPSA) is 86.2 Å². The fourth-order valence-electron chi connectivity index (χ4n) is 3.22. The van der Waals surface area contributed by atoms with Crippen molar-refractivity contribution in [2.24, 2.45) is 0 Å². The summed E-state index contributed by atoms with van der Waals surface area (Å²) in [4.78, 5) is 9.25. The summed E-state index contributed by atoms with van der Waals surface area (Å²) in [5, 5.41) is 10.6. The minimum atomic E-state index is -0.545. The molecule has 2 heterocycles. The SMILES string of the molecule is CCOC(C)(CC)c1nc2c(N)nc3ccccc3c2n1CCO. The van der Waals surface area contributed by atoms with E-state index in [0.29, 0.717) is 24.5 Å². The predicted octanol–water partition coefficient (Wildman–Crippen LogP) is 2.82. The van der Waals surface area contributed by atoms with E-state index >= 15 is 0 Å². The number of fused-ring (bicyclic) bond motifs is 3. The summed E-state index contributed by atoms with van der Waals surface area (Å²) in [6, 6.07) is 7.85. The van der Waals surface area contributed by atoms with Crippen molar-refractivity contribution in [3.8, 4) is 0 Å². The molecule has 3 rings (SSSR count). The predicted molar refractivity (Wildman–Crippen MR) is 95.8 cm³/mol. The number of benzene rings is 1. The summed E-state index contributed by atoms with van der Waals surface area (Å²) in [5.41, 5.74) is 8.01. The Morgan fingerprint density at radius 1 is 1.25 bits per heavy atom. The number of nitrogen functional groups attached to an aromatic ring is 1. The van der Waals surface area contributed by atoms with Gasteiger partial charge in [-0.2, -0.15) is 0 Å². The first kappa shape index (κ1) is 16.7. The van der Waals surface area contributed by atoms with Crippen molar-refractivity contribution in [3.05, 3.63) is 30.1 Å². The van der Waals surface area contributed by atoms with Gasteiger partial charge in [0.2, 0.25) is 0 Å². The van der Waals surface area contributed by atoms with Crippen molar-refractivity contribution >= 4 is 27.8 Å². The number of nitrogens with zero attached hydrogens (tertiary/aromatic N) is 3. The minimum Gasteiger partial charge on any atom is -0.395 e. The van der Waals surface area contributed by atoms with Crippen LogP contribution in [0.25, 0.3) is 21.9 Å². The van der Waals surface area contributed by atoms with Crippen LogP contribution in [0.5, 0.6) is 0 Å². The van der Waals surface area contributed by atoms with Crippen LogP contribution >= 0.6 is 0 Å². The first-order chi connectivity index (χ1) is 11.6. The summed E-state index contributed by atoms with van der Waals surface area (Å²) < 4.78 is 8.03. The van der Waals surface area contributed by atoms with Gasteiger partial charge in [0.1, 0.15) is 16.9 Å². The van der Waals surface area contributed by atoms with Gasteiger partial charge in [0.25, 0.3) is 0 Å². The summed E-state index contributed by atoms with van der Waals surface area (Å²) in [5.74, 6) is 1.18. The molecule has 0 bridgehead atoms. The average molecular weight is 328 g/mol. The van der Waals surface area contributed by atoms with Crippen LogP contribution in [0.1, 0.15) is 33.0 Å². The van der Waals surface area contributed by atoms with Gasteiger partial charge in [0.05, 0.1) is 17.6 Å². The van der Waals surface area contributed by atoms with Crippen LogP contribution in [-0.2, 0) is 16.9 Å². The van der Waals surface area contributed by atoms with Crippen LogP contribution in [0.15, 0.2) is 24.3 Å². The zero-order chi connectivity index (χ0) is 17.3. The van der Waals surface area contributed by atoms with E-state index in [1.807, 2.05) is 42.7 Å². The van der Waals surface area contributed by atoms with E-state index in [0.717, 1.165) is 28.7 Å². The Kier molecular flexibility index (Phi) is 4.43. The highest BCUT2D eigenvalue weighted by Crippen LogP contribution is 2.35. The number of hydrogen-bond acceptors (Lipinski definition) is 5. The Morgan fingerprint density at radius 3 is 2.67 bits per heavy atom. The largest absolute Gasteiger partial charge is 0.395 e. The zero-order valence-corrected chi connectivity index (χ0v) is 14.4. The number of aromatic nitrogens is 3. The number of pyridine rings is 1. The smallest absolute Gasteiger partial charge is 0.152 e. The van der Waals surface area contributed by atoms with Crippen LogP contribution in [0.3, 0.4) is 0 Å². The summed E-state index contributed by atoms with van der Waals surface area (Å²) in [6.07, 6.45) is 0.765. The van der Waals surface area contributed by atoms with Crippen LogP contribution in [0.4, 0.5) is 5.82 Å². The third-order valence-corrected chi connectivity index (χ3v) is 4.54. The van der Waals surface area contributed by atoms with Gasteiger partial charge in [-0.25, -0.2) is 9.97 Å². The number of aliphatic hydroxyl groups excluding tert-OH is 1. The lowest BCUT2D eigenvalue weighted by Gasteiger charge is -2.28. The Labute approximate surface area is 141 Å². The third kappa shape index (κ3) is 2.52. The third-order valence-electron chi connectivity index (χ3n) is 4.54. The molecule has 0 spiro atoms. The lowest BCUT2D eigenvalue weighted by molar-refractivity contribution is -0.0413. The van der Waals surface area contributed by atoms with E-state index in [9.17, 15) is 5.11 Å². The normalized spacial score (nSPS) is 14.3. The number of anilines is 1. The van der Waals surface area contributed by atoms with Gasteiger partial charge >= 0.3 is 0 Å². The maximum Gasteiger partial charge on any atom is 0.152 e. The summed E-state index contributed by atoms with van der Waals surface area (Å²) >= 11 is 0. The number of imidazole rings is 1. The molecule has 0 saturated heterocycles. The number of hydrogen-bond donors (Lipinski definition) is 2. The van der Waals surface area contributed by atoms with Crippen molar-refractivity contribution < 1.29 is 9.84 Å². The lowest BCUT2D eigenvalue weighted by atomic mass is 10.0. The summed E-state index contributed by atoms with van der Waals surface area (Å²) in [7, 11) is 0. The molecule has 0 saturated carbocycles. The van der Waals surface area contributed by atoms with Gasteiger partial charge in [-0.05, 0) is 26.3 Å². The van der Waals surface area contributed by atoms with Crippen molar-refractivity contribution in [2.75, 3.05) is 18.9 Å². The fourth-order valence-corrected chi connectivity index (χ4v) is 3.22. The maximum absolute atomic E-state index is 9.60. The van der Waals surface area contributed by atoms with E-state index in [1.165, 1.54) is 0 Å². The van der Waals surface area contributed by atoms with E-state index in [2.05, 4.69) is 11.9 Å². The Balaban J connectivity index is 2.41. The van der Waals surface area contributed by atoms with Crippen molar-refractivity contribution in [2.45, 2.75) is 39.3 Å². The molecule has 0 radical (unpaired) electrons. The monoisotopic (exact) mass is 328 g/mol. The molecule has 3 N–H and O–H groups in total. The number of nitrogens with two attached hydrogens (primary N) is 1. The molecule has 128 valence electrons. The highest BCUT2D eigenvalue weighted by molar-refractivity contribution is 6.06. The number of aliphatic hydroxyl groups is 1. The molecular formula is C18H24N4O2. The molecule has 1 unspecified atom stereocenters. The molecule has 2 aromatic heterocycles. The van der Waals surface area contributed by atoms with E-state index in [4.69, 9.17) is 15.5 Å². The highest BCUT2D eigenvalue weighted by Gasteiger charge is 2.32. The van der Waals surface area contributed by atoms with E-state index in [-0.39, 0.29) is 6.61 Å². The van der Waals surface area contributed by atoms with Crippen LogP contribution in [0.2, 0.25) is 0 Å². The first-order valence-electron chi connectivity index (χ1n) is 8.35. The molecule has 6 heteroatoms.